The Morgan fingerprint density at radius 2 is 1.80 bits per heavy atom. The number of aromatic nitrogens is 1. The Morgan fingerprint density at radius 3 is 2.45 bits per heavy atom. The molecule has 2 N–H and O–H groups in total. The Kier molecular flexibility index (Phi) is 3.31. The van der Waals surface area contributed by atoms with Crippen LogP contribution in [0.25, 0.3) is 11.8 Å². The first-order valence-electron chi connectivity index (χ1n) is 5.91. The number of hydrogen-bond acceptors (Lipinski definition) is 2. The minimum absolute atomic E-state index is 0.250. The van der Waals surface area contributed by atoms with Gasteiger partial charge in [-0.25, -0.2) is 4.79 Å². The highest BCUT2D eigenvalue weighted by atomic mass is 127. The Bertz CT molecular complexity index is 716. The number of benzene rings is 1. The van der Waals surface area contributed by atoms with Crippen LogP contribution in [-0.2, 0) is 4.79 Å². The fourth-order valence-corrected chi connectivity index (χ4v) is 2.34. The van der Waals surface area contributed by atoms with Gasteiger partial charge in [0, 0.05) is 21.1 Å². The molecule has 2 heterocycles. The Hall–Kier alpha value is -2.09. The van der Waals surface area contributed by atoms with Gasteiger partial charge in [0.1, 0.15) is 5.70 Å². The largest absolute Gasteiger partial charge is 0.326 e. The van der Waals surface area contributed by atoms with Crippen molar-refractivity contribution in [1.29, 1.82) is 0 Å². The molecule has 1 aliphatic heterocycles. The second kappa shape index (κ2) is 5.12. The number of nitrogens with zero attached hydrogens (tertiary/aromatic N) is 1. The van der Waals surface area contributed by atoms with Crippen molar-refractivity contribution in [2.45, 2.75) is 0 Å². The smallest absolute Gasteiger partial charge is 0.317 e. The lowest BCUT2D eigenvalue weighted by molar-refractivity contribution is -0.115. The zero-order valence-corrected chi connectivity index (χ0v) is 12.4. The molecule has 0 spiro atoms. The second-order valence-corrected chi connectivity index (χ2v) is 5.49. The average Bonchev–Trinajstić information content (AvgIpc) is 2.98. The number of halogens is 1. The van der Waals surface area contributed by atoms with Crippen molar-refractivity contribution in [2.75, 3.05) is 0 Å². The molecule has 0 atom stereocenters. The lowest BCUT2D eigenvalue weighted by Crippen LogP contribution is -2.22. The summed E-state index contributed by atoms with van der Waals surface area (Å²) in [4.78, 5) is 22.6. The molecule has 20 heavy (non-hydrogen) atoms. The summed E-state index contributed by atoms with van der Waals surface area (Å²) in [7, 11) is 0. The van der Waals surface area contributed by atoms with E-state index in [1.807, 2.05) is 47.2 Å². The van der Waals surface area contributed by atoms with E-state index in [9.17, 15) is 9.59 Å². The highest BCUT2D eigenvalue weighted by Crippen LogP contribution is 2.17. The number of carbonyl (C=O) groups excluding carboxylic acids is 2. The highest BCUT2D eigenvalue weighted by molar-refractivity contribution is 14.1. The minimum Gasteiger partial charge on any atom is -0.317 e. The van der Waals surface area contributed by atoms with E-state index in [0.717, 1.165) is 15.0 Å². The van der Waals surface area contributed by atoms with Gasteiger partial charge in [-0.1, -0.05) is 0 Å². The number of imide groups is 1. The highest BCUT2D eigenvalue weighted by Gasteiger charge is 2.23. The van der Waals surface area contributed by atoms with Crippen LogP contribution < -0.4 is 10.6 Å². The van der Waals surface area contributed by atoms with Gasteiger partial charge in [0.05, 0.1) is 0 Å². The molecule has 0 radical (unpaired) electrons. The average molecular weight is 379 g/mol. The van der Waals surface area contributed by atoms with Crippen molar-refractivity contribution in [1.82, 2.24) is 15.2 Å². The molecule has 0 unspecified atom stereocenters. The number of amides is 3. The number of hydrogen-bond donors (Lipinski definition) is 2. The molecule has 1 fully saturated rings. The minimum atomic E-state index is -0.492. The van der Waals surface area contributed by atoms with Crippen LogP contribution in [0.15, 0.2) is 48.3 Å². The van der Waals surface area contributed by atoms with Crippen molar-refractivity contribution < 1.29 is 9.59 Å². The molecule has 1 aliphatic rings. The zero-order chi connectivity index (χ0) is 14.1. The van der Waals surface area contributed by atoms with Crippen LogP contribution in [0.3, 0.4) is 0 Å². The van der Waals surface area contributed by atoms with Crippen molar-refractivity contribution in [3.63, 3.8) is 0 Å². The van der Waals surface area contributed by atoms with Gasteiger partial charge in [0.25, 0.3) is 5.91 Å². The van der Waals surface area contributed by atoms with Crippen molar-refractivity contribution in [3.05, 3.63) is 57.6 Å². The normalized spacial score (nSPS) is 16.4. The number of carbonyl (C=O) groups is 2. The first kappa shape index (κ1) is 12.9. The van der Waals surface area contributed by atoms with E-state index in [1.54, 1.807) is 6.08 Å². The predicted molar refractivity (Wildman–Crippen MR) is 83.1 cm³/mol. The molecule has 1 saturated heterocycles. The third-order valence-corrected chi connectivity index (χ3v) is 3.62. The number of rotatable bonds is 2. The lowest BCUT2D eigenvalue weighted by Gasteiger charge is -2.07. The molecular formula is C14H10IN3O2. The molecule has 0 saturated carbocycles. The van der Waals surface area contributed by atoms with Crippen LogP contribution in [0.2, 0.25) is 0 Å². The van der Waals surface area contributed by atoms with Crippen molar-refractivity contribution >= 4 is 40.6 Å². The maximum atomic E-state index is 11.5. The first-order chi connectivity index (χ1) is 9.63. The van der Waals surface area contributed by atoms with Crippen LogP contribution in [0.5, 0.6) is 0 Å². The second-order valence-electron chi connectivity index (χ2n) is 4.25. The van der Waals surface area contributed by atoms with E-state index in [1.165, 1.54) is 0 Å². The lowest BCUT2D eigenvalue weighted by atomic mass is 10.3. The number of nitrogens with one attached hydrogen (secondary N) is 2. The SMILES string of the molecule is O=C1NC(=O)/C(=C/c2cccn2-c2ccc(I)cc2)N1. The summed E-state index contributed by atoms with van der Waals surface area (Å²) in [5.41, 5.74) is 2.06. The zero-order valence-electron chi connectivity index (χ0n) is 10.3. The molecule has 0 aliphatic carbocycles. The summed E-state index contributed by atoms with van der Waals surface area (Å²) in [5, 5.41) is 4.66. The third-order valence-electron chi connectivity index (χ3n) is 2.90. The molecule has 0 bridgehead atoms. The van der Waals surface area contributed by atoms with Gasteiger partial charge in [-0.05, 0) is 65.1 Å². The van der Waals surface area contributed by atoms with Gasteiger partial charge in [0.15, 0.2) is 0 Å². The van der Waals surface area contributed by atoms with Crippen molar-refractivity contribution in [2.24, 2.45) is 0 Å². The molecular weight excluding hydrogens is 369 g/mol. The predicted octanol–water partition coefficient (Wildman–Crippen LogP) is 2.26. The maximum Gasteiger partial charge on any atom is 0.326 e. The van der Waals surface area contributed by atoms with Gasteiger partial charge in [-0.3, -0.25) is 10.1 Å². The van der Waals surface area contributed by atoms with E-state index in [0.29, 0.717) is 0 Å². The van der Waals surface area contributed by atoms with Crippen LogP contribution in [0.1, 0.15) is 5.69 Å². The molecule has 100 valence electrons. The fraction of sp³-hybridized carbons (Fsp3) is 0. The van der Waals surface area contributed by atoms with E-state index in [4.69, 9.17) is 0 Å². The van der Waals surface area contributed by atoms with Crippen LogP contribution in [0.4, 0.5) is 4.79 Å². The summed E-state index contributed by atoms with van der Waals surface area (Å²) >= 11 is 2.25. The van der Waals surface area contributed by atoms with Gasteiger partial charge < -0.3 is 9.88 Å². The Morgan fingerprint density at radius 1 is 1.05 bits per heavy atom. The molecule has 1 aromatic carbocycles. The van der Waals surface area contributed by atoms with E-state index >= 15 is 0 Å². The van der Waals surface area contributed by atoms with Gasteiger partial charge in [-0.15, -0.1) is 0 Å². The van der Waals surface area contributed by atoms with Gasteiger partial charge in [0.2, 0.25) is 0 Å². The van der Waals surface area contributed by atoms with Crippen molar-refractivity contribution in [3.8, 4) is 5.69 Å². The summed E-state index contributed by atoms with van der Waals surface area (Å²) in [5.74, 6) is -0.412. The number of urea groups is 1. The standard InChI is InChI=1S/C14H10IN3O2/c15-9-3-5-10(6-4-9)18-7-1-2-11(18)8-12-13(19)17-14(20)16-12/h1-8H,(H2,16,17,19,20)/b12-8-. The fourth-order valence-electron chi connectivity index (χ4n) is 1.98. The van der Waals surface area contributed by atoms with Crippen LogP contribution in [-0.4, -0.2) is 16.5 Å². The Labute approximate surface area is 128 Å². The maximum absolute atomic E-state index is 11.5. The molecule has 3 amide bonds. The molecule has 5 nitrogen and oxygen atoms in total. The summed E-state index contributed by atoms with van der Waals surface area (Å²) < 4.78 is 3.10. The quantitative estimate of drug-likeness (QED) is 0.478. The van der Waals surface area contributed by atoms with Gasteiger partial charge >= 0.3 is 6.03 Å². The molecule has 1 aromatic heterocycles. The topological polar surface area (TPSA) is 63.1 Å². The molecule has 2 aromatic rings. The monoisotopic (exact) mass is 379 g/mol. The molecule has 6 heteroatoms. The summed E-state index contributed by atoms with van der Waals surface area (Å²) in [6, 6.07) is 11.3. The van der Waals surface area contributed by atoms with E-state index in [2.05, 4.69) is 33.2 Å². The van der Waals surface area contributed by atoms with E-state index in [-0.39, 0.29) is 5.70 Å². The molecule has 3 rings (SSSR count). The van der Waals surface area contributed by atoms with Crippen LogP contribution in [0, 0.1) is 3.57 Å². The Balaban J connectivity index is 1.99. The van der Waals surface area contributed by atoms with Gasteiger partial charge in [-0.2, -0.15) is 0 Å². The summed E-state index contributed by atoms with van der Waals surface area (Å²) in [6.45, 7) is 0. The summed E-state index contributed by atoms with van der Waals surface area (Å²) in [6.07, 6.45) is 3.56. The first-order valence-corrected chi connectivity index (χ1v) is 6.99. The third kappa shape index (κ3) is 2.46. The van der Waals surface area contributed by atoms with Crippen LogP contribution >= 0.6 is 22.6 Å². The van der Waals surface area contributed by atoms with E-state index < -0.39 is 11.9 Å².